The van der Waals surface area contributed by atoms with Crippen LogP contribution in [0, 0.1) is 6.92 Å². The summed E-state index contributed by atoms with van der Waals surface area (Å²) in [6, 6.07) is 0. The fraction of sp³-hybridized carbons (Fsp3) is 0.400. The highest BCUT2D eigenvalue weighted by Gasteiger charge is 1.93. The lowest BCUT2D eigenvalue weighted by Crippen LogP contribution is -1.95. The molecule has 1 heterocycles. The van der Waals surface area contributed by atoms with Crippen LogP contribution in [0.15, 0.2) is 10.7 Å². The topological polar surface area (TPSA) is 52.0 Å². The summed E-state index contributed by atoms with van der Waals surface area (Å²) in [7, 11) is 0. The fourth-order valence-electron chi connectivity index (χ4n) is 0.496. The van der Waals surface area contributed by atoms with Gasteiger partial charge in [-0.05, 0) is 6.92 Å². The second-order valence-electron chi connectivity index (χ2n) is 1.59. The van der Waals surface area contributed by atoms with Crippen molar-refractivity contribution in [1.29, 1.82) is 0 Å². The summed E-state index contributed by atoms with van der Waals surface area (Å²) >= 11 is 0. The first-order valence-corrected chi connectivity index (χ1v) is 2.44. The molecule has 0 spiro atoms. The Kier molecular flexibility index (Phi) is 1.30. The maximum Gasteiger partial charge on any atom is 0.207 e. The number of hydrogen-bond donors (Lipinski definition) is 1. The number of rotatable bonds is 1. The zero-order chi connectivity index (χ0) is 5.98. The van der Waals surface area contributed by atoms with Crippen molar-refractivity contribution in [1.82, 2.24) is 4.98 Å². The van der Waals surface area contributed by atoms with E-state index in [1.165, 1.54) is 0 Å². The van der Waals surface area contributed by atoms with Crippen molar-refractivity contribution < 1.29 is 4.42 Å². The Morgan fingerprint density at radius 1 is 1.88 bits per heavy atom. The van der Waals surface area contributed by atoms with Gasteiger partial charge in [-0.15, -0.1) is 0 Å². The monoisotopic (exact) mass is 112 g/mol. The van der Waals surface area contributed by atoms with E-state index in [1.54, 1.807) is 6.26 Å². The highest BCUT2D eigenvalue weighted by molar-refractivity contribution is 4.91. The van der Waals surface area contributed by atoms with E-state index in [0.717, 1.165) is 5.69 Å². The standard InChI is InChI=1S/C5H8N2O/c1-4-3-8-5(2-6)7-4/h3H,2,6H2,1H3. The smallest absolute Gasteiger partial charge is 0.207 e. The van der Waals surface area contributed by atoms with Crippen LogP contribution in [0.3, 0.4) is 0 Å². The number of aromatic nitrogens is 1. The van der Waals surface area contributed by atoms with E-state index in [1.807, 2.05) is 6.92 Å². The van der Waals surface area contributed by atoms with Gasteiger partial charge in [0.05, 0.1) is 12.2 Å². The molecule has 1 aromatic heterocycles. The van der Waals surface area contributed by atoms with Crippen LogP contribution in [0.2, 0.25) is 0 Å². The van der Waals surface area contributed by atoms with Crippen molar-refractivity contribution in [2.24, 2.45) is 5.73 Å². The molecule has 0 aliphatic carbocycles. The third kappa shape index (κ3) is 0.869. The SMILES string of the molecule is Cc1coc(CN)n1. The zero-order valence-corrected chi connectivity index (χ0v) is 4.72. The van der Waals surface area contributed by atoms with Crippen LogP contribution < -0.4 is 5.73 Å². The first-order chi connectivity index (χ1) is 3.83. The molecule has 1 aromatic rings. The van der Waals surface area contributed by atoms with Crippen molar-refractivity contribution in [3.8, 4) is 0 Å². The quantitative estimate of drug-likeness (QED) is 0.573. The summed E-state index contributed by atoms with van der Waals surface area (Å²) in [5.41, 5.74) is 6.09. The van der Waals surface area contributed by atoms with Gasteiger partial charge in [0, 0.05) is 0 Å². The van der Waals surface area contributed by atoms with Gasteiger partial charge < -0.3 is 10.2 Å². The second-order valence-corrected chi connectivity index (χ2v) is 1.59. The minimum absolute atomic E-state index is 0.383. The Labute approximate surface area is 47.5 Å². The van der Waals surface area contributed by atoms with Crippen molar-refractivity contribution in [2.75, 3.05) is 0 Å². The average molecular weight is 112 g/mol. The third-order valence-electron chi connectivity index (χ3n) is 0.841. The number of aryl methyl sites for hydroxylation is 1. The van der Waals surface area contributed by atoms with Crippen LogP contribution >= 0.6 is 0 Å². The lowest BCUT2D eigenvalue weighted by Gasteiger charge is -1.79. The van der Waals surface area contributed by atoms with E-state index in [-0.39, 0.29) is 0 Å². The van der Waals surface area contributed by atoms with Gasteiger partial charge in [-0.1, -0.05) is 0 Å². The minimum atomic E-state index is 0.383. The molecule has 3 heteroatoms. The highest BCUT2D eigenvalue weighted by atomic mass is 16.3. The Balaban J connectivity index is 2.84. The van der Waals surface area contributed by atoms with Gasteiger partial charge >= 0.3 is 0 Å². The Bertz CT molecular complexity index is 171. The van der Waals surface area contributed by atoms with E-state index in [2.05, 4.69) is 4.98 Å². The Morgan fingerprint density at radius 2 is 2.62 bits per heavy atom. The molecule has 0 saturated carbocycles. The van der Waals surface area contributed by atoms with Gasteiger partial charge in [-0.25, -0.2) is 4.98 Å². The molecular weight excluding hydrogens is 104 g/mol. The summed E-state index contributed by atoms with van der Waals surface area (Å²) in [5.74, 6) is 0.600. The Hall–Kier alpha value is -0.830. The van der Waals surface area contributed by atoms with E-state index >= 15 is 0 Å². The molecule has 0 amide bonds. The van der Waals surface area contributed by atoms with E-state index in [9.17, 15) is 0 Å². The molecule has 0 aliphatic heterocycles. The maximum absolute atomic E-state index is 5.21. The lowest BCUT2D eigenvalue weighted by atomic mass is 10.6. The van der Waals surface area contributed by atoms with Crippen LogP contribution in [0.25, 0.3) is 0 Å². The van der Waals surface area contributed by atoms with Gasteiger partial charge in [-0.2, -0.15) is 0 Å². The Morgan fingerprint density at radius 3 is 2.88 bits per heavy atom. The molecule has 0 aliphatic rings. The van der Waals surface area contributed by atoms with E-state index < -0.39 is 0 Å². The molecule has 1 rings (SSSR count). The fourth-order valence-corrected chi connectivity index (χ4v) is 0.496. The molecule has 0 aromatic carbocycles. The summed E-state index contributed by atoms with van der Waals surface area (Å²) < 4.78 is 4.88. The molecule has 44 valence electrons. The van der Waals surface area contributed by atoms with Crippen molar-refractivity contribution in [3.63, 3.8) is 0 Å². The number of hydrogen-bond acceptors (Lipinski definition) is 3. The maximum atomic E-state index is 5.21. The molecule has 0 atom stereocenters. The zero-order valence-electron chi connectivity index (χ0n) is 4.72. The average Bonchev–Trinajstić information content (AvgIpc) is 2.14. The minimum Gasteiger partial charge on any atom is -0.447 e. The van der Waals surface area contributed by atoms with Crippen LogP contribution in [0.1, 0.15) is 11.6 Å². The van der Waals surface area contributed by atoms with Crippen LogP contribution in [0.4, 0.5) is 0 Å². The normalized spacial score (nSPS) is 9.75. The van der Waals surface area contributed by atoms with Gasteiger partial charge in [0.2, 0.25) is 5.89 Å². The molecule has 0 saturated heterocycles. The molecule has 2 N–H and O–H groups in total. The summed E-state index contributed by atoms with van der Waals surface area (Å²) in [6.45, 7) is 2.25. The summed E-state index contributed by atoms with van der Waals surface area (Å²) in [5, 5.41) is 0. The molecule has 0 bridgehead atoms. The molecule has 0 radical (unpaired) electrons. The van der Waals surface area contributed by atoms with Crippen LogP contribution in [-0.4, -0.2) is 4.98 Å². The largest absolute Gasteiger partial charge is 0.447 e. The van der Waals surface area contributed by atoms with Gasteiger partial charge in [0.15, 0.2) is 0 Å². The number of nitrogens with two attached hydrogens (primary N) is 1. The van der Waals surface area contributed by atoms with Crippen molar-refractivity contribution in [3.05, 3.63) is 17.8 Å². The van der Waals surface area contributed by atoms with Gasteiger partial charge in [0.25, 0.3) is 0 Å². The first-order valence-electron chi connectivity index (χ1n) is 2.44. The molecule has 8 heavy (non-hydrogen) atoms. The van der Waals surface area contributed by atoms with Crippen LogP contribution in [0.5, 0.6) is 0 Å². The van der Waals surface area contributed by atoms with Crippen molar-refractivity contribution >= 4 is 0 Å². The van der Waals surface area contributed by atoms with Crippen molar-refractivity contribution in [2.45, 2.75) is 13.5 Å². The first kappa shape index (κ1) is 5.31. The van der Waals surface area contributed by atoms with Gasteiger partial charge in [0.1, 0.15) is 6.26 Å². The third-order valence-corrected chi connectivity index (χ3v) is 0.841. The highest BCUT2D eigenvalue weighted by Crippen LogP contribution is 1.96. The van der Waals surface area contributed by atoms with Crippen LogP contribution in [-0.2, 0) is 6.54 Å². The molecule has 0 unspecified atom stereocenters. The van der Waals surface area contributed by atoms with E-state index in [4.69, 9.17) is 10.2 Å². The second kappa shape index (κ2) is 1.96. The molecule has 3 nitrogen and oxygen atoms in total. The summed E-state index contributed by atoms with van der Waals surface area (Å²) in [4.78, 5) is 3.94. The number of nitrogens with zero attached hydrogens (tertiary/aromatic N) is 1. The predicted octanol–water partition coefficient (Wildman–Crippen LogP) is 0.442. The van der Waals surface area contributed by atoms with Gasteiger partial charge in [-0.3, -0.25) is 0 Å². The molecule has 0 fully saturated rings. The summed E-state index contributed by atoms with van der Waals surface area (Å²) in [6.07, 6.45) is 1.59. The molecular formula is C5H8N2O. The number of oxazole rings is 1. The van der Waals surface area contributed by atoms with E-state index in [0.29, 0.717) is 12.4 Å². The predicted molar refractivity (Wildman–Crippen MR) is 29.1 cm³/mol. The lowest BCUT2D eigenvalue weighted by molar-refractivity contribution is 0.497.